The van der Waals surface area contributed by atoms with Gasteiger partial charge in [0.25, 0.3) is 0 Å². The number of rotatable bonds is 4. The maximum absolute atomic E-state index is 10.3. The van der Waals surface area contributed by atoms with Crippen molar-refractivity contribution < 1.29 is 5.11 Å². The molecule has 1 atom stereocenters. The molecule has 1 aliphatic heterocycles. The number of aliphatic hydroxyl groups excluding tert-OH is 1. The quantitative estimate of drug-likeness (QED) is 0.891. The molecule has 2 nitrogen and oxygen atoms in total. The summed E-state index contributed by atoms with van der Waals surface area (Å²) in [6, 6.07) is 8.97. The van der Waals surface area contributed by atoms with Crippen LogP contribution in [0.25, 0.3) is 0 Å². The number of hydrogen-bond acceptors (Lipinski definition) is 3. The molecule has 1 heterocycles. The second-order valence-electron chi connectivity index (χ2n) is 6.68. The molecule has 1 aromatic rings. The van der Waals surface area contributed by atoms with E-state index in [2.05, 4.69) is 50.4 Å². The fourth-order valence-electron chi connectivity index (χ4n) is 2.50. The van der Waals surface area contributed by atoms with Gasteiger partial charge in [-0.2, -0.15) is 11.8 Å². The Labute approximate surface area is 127 Å². The number of aliphatic hydroxyl groups is 1. The smallest absolute Gasteiger partial charge is 0.0914 e. The van der Waals surface area contributed by atoms with Gasteiger partial charge in [0.15, 0.2) is 0 Å². The Kier molecular flexibility index (Phi) is 5.53. The van der Waals surface area contributed by atoms with Gasteiger partial charge >= 0.3 is 0 Å². The van der Waals surface area contributed by atoms with Crippen LogP contribution >= 0.6 is 11.8 Å². The van der Waals surface area contributed by atoms with Crippen molar-refractivity contribution in [2.45, 2.75) is 51.2 Å². The average Bonchev–Trinajstić information content (AvgIpc) is 2.45. The summed E-state index contributed by atoms with van der Waals surface area (Å²) in [5, 5.41) is 13.8. The minimum absolute atomic E-state index is 0.168. The fourth-order valence-corrected chi connectivity index (χ4v) is 3.61. The summed E-state index contributed by atoms with van der Waals surface area (Å²) >= 11 is 2.03. The molecular formula is C17H27NOS. The van der Waals surface area contributed by atoms with Gasteiger partial charge in [0.1, 0.15) is 0 Å². The molecule has 1 fully saturated rings. The van der Waals surface area contributed by atoms with E-state index < -0.39 is 6.10 Å². The topological polar surface area (TPSA) is 32.3 Å². The van der Waals surface area contributed by atoms with Crippen molar-refractivity contribution in [2.24, 2.45) is 0 Å². The number of hydrogen-bond donors (Lipinski definition) is 2. The molecule has 1 saturated heterocycles. The van der Waals surface area contributed by atoms with Crippen molar-refractivity contribution in [3.05, 3.63) is 35.4 Å². The van der Waals surface area contributed by atoms with E-state index in [0.29, 0.717) is 12.6 Å². The molecule has 20 heavy (non-hydrogen) atoms. The molecule has 0 amide bonds. The van der Waals surface area contributed by atoms with E-state index in [4.69, 9.17) is 0 Å². The third-order valence-corrected chi connectivity index (χ3v) is 5.03. The van der Waals surface area contributed by atoms with Crippen LogP contribution in [0.5, 0.6) is 0 Å². The van der Waals surface area contributed by atoms with Crippen molar-refractivity contribution in [2.75, 3.05) is 18.1 Å². The molecule has 1 unspecified atom stereocenters. The summed E-state index contributed by atoms with van der Waals surface area (Å²) in [6.45, 7) is 7.29. The van der Waals surface area contributed by atoms with Gasteiger partial charge in [0.05, 0.1) is 6.10 Å². The van der Waals surface area contributed by atoms with Crippen molar-refractivity contribution in [1.29, 1.82) is 0 Å². The van der Waals surface area contributed by atoms with Gasteiger partial charge in [-0.15, -0.1) is 0 Å². The Hall–Kier alpha value is -0.510. The highest BCUT2D eigenvalue weighted by Gasteiger charge is 2.17. The molecular weight excluding hydrogens is 266 g/mol. The number of benzene rings is 1. The molecule has 0 aromatic heterocycles. The van der Waals surface area contributed by atoms with Gasteiger partial charge in [0.2, 0.25) is 0 Å². The summed E-state index contributed by atoms with van der Waals surface area (Å²) in [5.41, 5.74) is 2.49. The van der Waals surface area contributed by atoms with Crippen LogP contribution < -0.4 is 5.32 Å². The zero-order chi connectivity index (χ0) is 14.6. The molecule has 1 aromatic carbocycles. The van der Waals surface area contributed by atoms with Gasteiger partial charge in [-0.3, -0.25) is 0 Å². The van der Waals surface area contributed by atoms with Crippen LogP contribution in [0.15, 0.2) is 24.3 Å². The molecule has 0 radical (unpaired) electrons. The fraction of sp³-hybridized carbons (Fsp3) is 0.647. The van der Waals surface area contributed by atoms with Crippen molar-refractivity contribution >= 4 is 11.8 Å². The molecule has 0 spiro atoms. The summed E-state index contributed by atoms with van der Waals surface area (Å²) in [5.74, 6) is 2.49. The molecule has 0 saturated carbocycles. The summed E-state index contributed by atoms with van der Waals surface area (Å²) in [4.78, 5) is 0. The van der Waals surface area contributed by atoms with Crippen LogP contribution in [0.1, 0.15) is 50.8 Å². The number of nitrogens with one attached hydrogen (secondary N) is 1. The Morgan fingerprint density at radius 3 is 2.35 bits per heavy atom. The Morgan fingerprint density at radius 2 is 1.80 bits per heavy atom. The van der Waals surface area contributed by atoms with E-state index in [-0.39, 0.29) is 5.41 Å². The molecule has 2 rings (SSSR count). The van der Waals surface area contributed by atoms with Crippen LogP contribution in [-0.4, -0.2) is 29.2 Å². The van der Waals surface area contributed by atoms with Crippen LogP contribution in [0.4, 0.5) is 0 Å². The van der Waals surface area contributed by atoms with Crippen LogP contribution in [0, 0.1) is 0 Å². The summed E-state index contributed by atoms with van der Waals surface area (Å²) in [7, 11) is 0. The molecule has 1 aliphatic rings. The highest BCUT2D eigenvalue weighted by Crippen LogP contribution is 2.24. The van der Waals surface area contributed by atoms with E-state index in [1.807, 2.05) is 11.8 Å². The van der Waals surface area contributed by atoms with Crippen molar-refractivity contribution in [1.82, 2.24) is 5.32 Å². The van der Waals surface area contributed by atoms with E-state index >= 15 is 0 Å². The minimum Gasteiger partial charge on any atom is -0.387 e. The second-order valence-corrected chi connectivity index (χ2v) is 7.91. The molecule has 112 valence electrons. The zero-order valence-corrected chi connectivity index (χ0v) is 13.7. The van der Waals surface area contributed by atoms with Gasteiger partial charge in [-0.1, -0.05) is 45.0 Å². The lowest BCUT2D eigenvalue weighted by Gasteiger charge is -2.24. The predicted octanol–water partition coefficient (Wildman–Crippen LogP) is 3.50. The van der Waals surface area contributed by atoms with Gasteiger partial charge < -0.3 is 10.4 Å². The zero-order valence-electron chi connectivity index (χ0n) is 12.9. The van der Waals surface area contributed by atoms with E-state index in [9.17, 15) is 5.11 Å². The van der Waals surface area contributed by atoms with Gasteiger partial charge in [-0.05, 0) is 40.9 Å². The van der Waals surface area contributed by atoms with Crippen LogP contribution in [-0.2, 0) is 5.41 Å². The first-order chi connectivity index (χ1) is 9.47. The highest BCUT2D eigenvalue weighted by atomic mass is 32.2. The van der Waals surface area contributed by atoms with Crippen LogP contribution in [0.3, 0.4) is 0 Å². The predicted molar refractivity (Wildman–Crippen MR) is 88.5 cm³/mol. The monoisotopic (exact) mass is 293 g/mol. The minimum atomic E-state index is -0.404. The maximum atomic E-state index is 10.3. The third kappa shape index (κ3) is 4.51. The third-order valence-electron chi connectivity index (χ3n) is 3.98. The van der Waals surface area contributed by atoms with Gasteiger partial charge in [0, 0.05) is 12.6 Å². The lowest BCUT2D eigenvalue weighted by atomic mass is 9.86. The molecule has 0 aliphatic carbocycles. The standard InChI is InChI=1S/C17H27NOS/c1-17(2,3)14-6-4-13(5-7-14)16(19)12-18-15-8-10-20-11-9-15/h4-7,15-16,18-19H,8-12H2,1-3H3. The Bertz CT molecular complexity index is 404. The lowest BCUT2D eigenvalue weighted by molar-refractivity contribution is 0.169. The van der Waals surface area contributed by atoms with Crippen molar-refractivity contribution in [3.63, 3.8) is 0 Å². The first-order valence-corrected chi connectivity index (χ1v) is 8.72. The SMILES string of the molecule is CC(C)(C)c1ccc(C(O)CNC2CCSCC2)cc1. The maximum Gasteiger partial charge on any atom is 0.0914 e. The second kappa shape index (κ2) is 6.97. The highest BCUT2D eigenvalue weighted by molar-refractivity contribution is 7.99. The van der Waals surface area contributed by atoms with Gasteiger partial charge in [-0.25, -0.2) is 0 Å². The van der Waals surface area contributed by atoms with E-state index in [0.717, 1.165) is 5.56 Å². The lowest BCUT2D eigenvalue weighted by Crippen LogP contribution is -2.35. The van der Waals surface area contributed by atoms with Crippen LogP contribution in [0.2, 0.25) is 0 Å². The summed E-state index contributed by atoms with van der Waals surface area (Å²) < 4.78 is 0. The Balaban J connectivity index is 1.87. The summed E-state index contributed by atoms with van der Waals surface area (Å²) in [6.07, 6.45) is 2.04. The molecule has 3 heteroatoms. The Morgan fingerprint density at radius 1 is 1.20 bits per heavy atom. The largest absolute Gasteiger partial charge is 0.387 e. The van der Waals surface area contributed by atoms with Crippen molar-refractivity contribution in [3.8, 4) is 0 Å². The van der Waals surface area contributed by atoms with E-state index in [1.54, 1.807) is 0 Å². The average molecular weight is 293 g/mol. The first kappa shape index (κ1) is 15.9. The van der Waals surface area contributed by atoms with E-state index in [1.165, 1.54) is 29.9 Å². The molecule has 0 bridgehead atoms. The molecule has 2 N–H and O–H groups in total. The first-order valence-electron chi connectivity index (χ1n) is 7.56. The number of thioether (sulfide) groups is 1. The normalized spacial score (nSPS) is 19.0.